The highest BCUT2D eigenvalue weighted by atomic mass is 32.2. The smallest absolute Gasteiger partial charge is 0.0766 e. The van der Waals surface area contributed by atoms with Crippen molar-refractivity contribution in [2.24, 2.45) is 59.2 Å². The molecule has 0 N–H and O–H groups in total. The average Bonchev–Trinajstić information content (AvgIpc) is 3.78. The molecule has 3 aliphatic heterocycles. The first kappa shape index (κ1) is 30.1. The normalized spacial score (nSPS) is 54.0. The monoisotopic (exact) mass is 633 g/mol. The molecule has 3 heteroatoms. The summed E-state index contributed by atoms with van der Waals surface area (Å²) in [6.07, 6.45) is 39.5. The van der Waals surface area contributed by atoms with E-state index in [1.54, 1.807) is 64.2 Å². The summed E-state index contributed by atoms with van der Waals surface area (Å²) >= 11 is 2.45. The number of rotatable bonds is 3. The number of fused-ring (bicyclic) bond motifs is 10. The van der Waals surface area contributed by atoms with Gasteiger partial charge in [-0.1, -0.05) is 83.5 Å². The highest BCUT2D eigenvalue weighted by molar-refractivity contribution is 8.00. The van der Waals surface area contributed by atoms with E-state index < -0.39 is 0 Å². The highest BCUT2D eigenvalue weighted by Gasteiger charge is 2.62. The van der Waals surface area contributed by atoms with Crippen LogP contribution in [0.4, 0.5) is 0 Å². The van der Waals surface area contributed by atoms with Crippen molar-refractivity contribution in [3.63, 3.8) is 0 Å². The summed E-state index contributed by atoms with van der Waals surface area (Å²) in [6, 6.07) is 2.55. The first-order valence-corrected chi connectivity index (χ1v) is 22.3. The van der Waals surface area contributed by atoms with Crippen LogP contribution in [0.5, 0.6) is 0 Å². The van der Waals surface area contributed by atoms with E-state index in [9.17, 15) is 0 Å². The largest absolute Gasteiger partial charge is 0.372 e. The van der Waals surface area contributed by atoms with Crippen molar-refractivity contribution < 1.29 is 4.74 Å². The number of hydrogen-bond donors (Lipinski definition) is 0. The van der Waals surface area contributed by atoms with Gasteiger partial charge in [-0.25, -0.2) is 0 Å². The van der Waals surface area contributed by atoms with Gasteiger partial charge in [0.05, 0.1) is 12.2 Å². The second-order valence-corrected chi connectivity index (χ2v) is 20.5. The van der Waals surface area contributed by atoms with Crippen LogP contribution in [0, 0.1) is 59.2 Å². The van der Waals surface area contributed by atoms with Crippen LogP contribution in [-0.2, 0) is 4.74 Å². The third kappa shape index (κ3) is 5.12. The van der Waals surface area contributed by atoms with Gasteiger partial charge in [0.15, 0.2) is 0 Å². The van der Waals surface area contributed by atoms with Crippen molar-refractivity contribution >= 4 is 11.8 Å². The Hall–Kier alpha value is 0.270. The van der Waals surface area contributed by atoms with Gasteiger partial charge in [0.1, 0.15) is 0 Å². The van der Waals surface area contributed by atoms with E-state index in [1.165, 1.54) is 96.3 Å². The van der Waals surface area contributed by atoms with Crippen molar-refractivity contribution in [2.75, 3.05) is 0 Å². The van der Waals surface area contributed by atoms with Crippen LogP contribution in [-0.4, -0.2) is 45.7 Å². The Balaban J connectivity index is 0.926. The number of ether oxygens (including phenoxy) is 1. The second-order valence-electron chi connectivity index (χ2n) is 19.1. The molecule has 10 fully saturated rings. The van der Waals surface area contributed by atoms with E-state index in [4.69, 9.17) is 4.74 Å². The van der Waals surface area contributed by atoms with E-state index in [0.717, 1.165) is 87.8 Å². The third-order valence-electron chi connectivity index (χ3n) is 17.5. The van der Waals surface area contributed by atoms with E-state index in [0.29, 0.717) is 12.2 Å². The van der Waals surface area contributed by atoms with Crippen LogP contribution in [0.25, 0.3) is 0 Å². The molecule has 10 aliphatic rings. The fourth-order valence-electron chi connectivity index (χ4n) is 15.7. The first-order chi connectivity index (χ1) is 22.3. The lowest BCUT2D eigenvalue weighted by atomic mass is 9.62. The Bertz CT molecular complexity index is 994. The van der Waals surface area contributed by atoms with Crippen molar-refractivity contribution in [3.05, 3.63) is 0 Å². The summed E-state index contributed by atoms with van der Waals surface area (Å²) in [5.74, 6) is 9.99. The van der Waals surface area contributed by atoms with Crippen LogP contribution in [0.2, 0.25) is 0 Å². The van der Waals surface area contributed by atoms with Gasteiger partial charge in [0.2, 0.25) is 0 Å². The second kappa shape index (κ2) is 12.5. The minimum absolute atomic E-state index is 0.576. The predicted octanol–water partition coefficient (Wildman–Crippen LogP) is 10.7. The van der Waals surface area contributed by atoms with Crippen LogP contribution in [0.3, 0.4) is 0 Å². The first-order valence-electron chi connectivity index (χ1n) is 21.4. The molecule has 0 aromatic heterocycles. The lowest BCUT2D eigenvalue weighted by molar-refractivity contribution is -0.0870. The van der Waals surface area contributed by atoms with Crippen molar-refractivity contribution in [2.45, 2.75) is 201 Å². The molecule has 45 heavy (non-hydrogen) atoms. The SMILES string of the molecule is C1CCC(C2CCC3C(C2)C2CC(C4CCCCC4)CCC2N3C2CCCC3C4CCC5SC6CCCCC6C5C4OC32)CC1. The number of nitrogens with zero attached hydrogens (tertiary/aromatic N) is 1. The van der Waals surface area contributed by atoms with E-state index >= 15 is 0 Å². The van der Waals surface area contributed by atoms with Crippen molar-refractivity contribution in [1.29, 1.82) is 0 Å². The third-order valence-corrected chi connectivity index (χ3v) is 19.3. The maximum Gasteiger partial charge on any atom is 0.0766 e. The average molecular weight is 634 g/mol. The van der Waals surface area contributed by atoms with E-state index in [2.05, 4.69) is 16.7 Å². The summed E-state index contributed by atoms with van der Waals surface area (Å²) in [5, 5.41) is 1.91. The number of hydrogen-bond acceptors (Lipinski definition) is 3. The van der Waals surface area contributed by atoms with Gasteiger partial charge in [0.25, 0.3) is 0 Å². The summed E-state index contributed by atoms with van der Waals surface area (Å²) in [4.78, 5) is 3.35. The van der Waals surface area contributed by atoms with Gasteiger partial charge < -0.3 is 4.74 Å². The Kier molecular flexibility index (Phi) is 8.40. The van der Waals surface area contributed by atoms with Gasteiger partial charge in [-0.3, -0.25) is 4.90 Å². The lowest BCUT2D eigenvalue weighted by Crippen LogP contribution is -2.55. The quantitative estimate of drug-likeness (QED) is 0.307. The molecule has 7 saturated carbocycles. The minimum Gasteiger partial charge on any atom is -0.372 e. The van der Waals surface area contributed by atoms with Crippen molar-refractivity contribution in [1.82, 2.24) is 4.90 Å². The summed E-state index contributed by atoms with van der Waals surface area (Å²) in [5.41, 5.74) is 0. The molecule has 252 valence electrons. The molecule has 7 aliphatic carbocycles. The highest BCUT2D eigenvalue weighted by Crippen LogP contribution is 2.62. The number of likely N-dealkylation sites (tertiary alicyclic amines) is 1. The minimum atomic E-state index is 0.576. The molecule has 0 aromatic carbocycles. The lowest BCUT2D eigenvalue weighted by Gasteiger charge is -2.48. The topological polar surface area (TPSA) is 12.5 Å². The molecule has 0 bridgehead atoms. The molecule has 15 atom stereocenters. The Morgan fingerprint density at radius 2 is 0.978 bits per heavy atom. The fraction of sp³-hybridized carbons (Fsp3) is 1.00. The van der Waals surface area contributed by atoms with E-state index in [1.807, 2.05) is 0 Å². The van der Waals surface area contributed by atoms with Crippen molar-refractivity contribution in [3.8, 4) is 0 Å². The van der Waals surface area contributed by atoms with Crippen LogP contribution < -0.4 is 0 Å². The maximum absolute atomic E-state index is 7.69. The molecule has 0 spiro atoms. The summed E-state index contributed by atoms with van der Waals surface area (Å²) < 4.78 is 7.69. The molecule has 10 rings (SSSR count). The van der Waals surface area contributed by atoms with Gasteiger partial charge in [-0.2, -0.15) is 11.8 Å². The van der Waals surface area contributed by atoms with Gasteiger partial charge in [-0.15, -0.1) is 0 Å². The van der Waals surface area contributed by atoms with E-state index in [-0.39, 0.29) is 0 Å². The Morgan fingerprint density at radius 3 is 1.67 bits per heavy atom. The van der Waals surface area contributed by atoms with Crippen LogP contribution in [0.15, 0.2) is 0 Å². The Labute approximate surface area is 281 Å². The van der Waals surface area contributed by atoms with Gasteiger partial charge in [0, 0.05) is 34.5 Å². The molecule has 3 saturated heterocycles. The van der Waals surface area contributed by atoms with Crippen LogP contribution >= 0.6 is 11.8 Å². The number of thioether (sulfide) groups is 1. The molecule has 0 amide bonds. The summed E-state index contributed by atoms with van der Waals surface area (Å²) in [7, 11) is 0. The zero-order valence-corrected chi connectivity index (χ0v) is 29.6. The molecular weight excluding hydrogens is 567 g/mol. The van der Waals surface area contributed by atoms with Gasteiger partial charge in [-0.05, 0) is 130 Å². The maximum atomic E-state index is 7.69. The molecule has 2 nitrogen and oxygen atoms in total. The predicted molar refractivity (Wildman–Crippen MR) is 187 cm³/mol. The molecule has 3 heterocycles. The molecule has 15 unspecified atom stereocenters. The van der Waals surface area contributed by atoms with Crippen LogP contribution in [0.1, 0.15) is 161 Å². The molecular formula is C42H67NOS. The molecule has 0 radical (unpaired) electrons. The standard InChI is InChI=1S/C42H67NOS/c1-3-10-26(11-4-1)28-18-21-35-33(24-28)34-25-29(27-12-5-2-6-13-27)19-22-36(34)43(35)37-16-9-15-30-31-20-23-39-40(42(31)44-41(30)37)32-14-7-8-17-38(32)45-39/h26-42H,1-25H2. The summed E-state index contributed by atoms with van der Waals surface area (Å²) in [6.45, 7) is 0. The van der Waals surface area contributed by atoms with Gasteiger partial charge >= 0.3 is 0 Å². The zero-order chi connectivity index (χ0) is 29.5. The zero-order valence-electron chi connectivity index (χ0n) is 28.8. The molecule has 0 aromatic rings. The Morgan fingerprint density at radius 1 is 0.378 bits per heavy atom. The fourth-order valence-corrected chi connectivity index (χ4v) is 17.8.